The van der Waals surface area contributed by atoms with E-state index in [1.165, 1.54) is 7.11 Å². The lowest BCUT2D eigenvalue weighted by molar-refractivity contribution is -0.117. The predicted molar refractivity (Wildman–Crippen MR) is 79.8 cm³/mol. The van der Waals surface area contributed by atoms with Crippen molar-refractivity contribution >= 4 is 17.6 Å². The lowest BCUT2D eigenvalue weighted by atomic mass is 10.1. The van der Waals surface area contributed by atoms with E-state index in [1.807, 2.05) is 18.2 Å². The van der Waals surface area contributed by atoms with Crippen molar-refractivity contribution in [1.82, 2.24) is 0 Å². The monoisotopic (exact) mass is 284 g/mol. The van der Waals surface area contributed by atoms with Crippen LogP contribution in [0.25, 0.3) is 0 Å². The van der Waals surface area contributed by atoms with Crippen LogP contribution in [-0.2, 0) is 9.53 Å². The normalized spacial score (nSPS) is 11.5. The van der Waals surface area contributed by atoms with E-state index in [9.17, 15) is 9.59 Å². The number of amides is 1. The number of anilines is 1. The fourth-order valence-electron chi connectivity index (χ4n) is 1.84. The molecule has 2 aromatic rings. The third kappa shape index (κ3) is 3.67. The molecule has 1 atom stereocenters. The van der Waals surface area contributed by atoms with E-state index >= 15 is 0 Å². The van der Waals surface area contributed by atoms with Crippen LogP contribution in [0.15, 0.2) is 54.6 Å². The quantitative estimate of drug-likeness (QED) is 0.842. The Bertz CT molecular complexity index is 624. The molecule has 21 heavy (non-hydrogen) atoms. The van der Waals surface area contributed by atoms with Crippen LogP contribution in [0.5, 0.6) is 0 Å². The van der Waals surface area contributed by atoms with Gasteiger partial charge in [0.1, 0.15) is 6.04 Å². The zero-order valence-corrected chi connectivity index (χ0v) is 11.6. The highest BCUT2D eigenvalue weighted by molar-refractivity contribution is 5.96. The van der Waals surface area contributed by atoms with Gasteiger partial charge in [-0.05, 0) is 29.8 Å². The molecule has 108 valence electrons. The lowest BCUT2D eigenvalue weighted by Crippen LogP contribution is -2.27. The SMILES string of the molecule is COC(=O)c1ccc(NC(=O)[C@H](N)c2ccccc2)cc1. The molecule has 0 unspecified atom stereocenters. The number of nitrogens with one attached hydrogen (secondary N) is 1. The van der Waals surface area contributed by atoms with Gasteiger partial charge in [-0.3, -0.25) is 4.79 Å². The molecular weight excluding hydrogens is 268 g/mol. The van der Waals surface area contributed by atoms with Crippen LogP contribution >= 0.6 is 0 Å². The van der Waals surface area contributed by atoms with E-state index in [-0.39, 0.29) is 5.91 Å². The first-order valence-corrected chi connectivity index (χ1v) is 6.41. The Morgan fingerprint density at radius 3 is 2.24 bits per heavy atom. The first-order valence-electron chi connectivity index (χ1n) is 6.41. The van der Waals surface area contributed by atoms with Gasteiger partial charge in [0.2, 0.25) is 5.91 Å². The third-order valence-corrected chi connectivity index (χ3v) is 3.01. The van der Waals surface area contributed by atoms with Crippen LogP contribution in [0.1, 0.15) is 22.0 Å². The number of hydrogen-bond acceptors (Lipinski definition) is 4. The van der Waals surface area contributed by atoms with Gasteiger partial charge in [0.05, 0.1) is 12.7 Å². The fourth-order valence-corrected chi connectivity index (χ4v) is 1.84. The van der Waals surface area contributed by atoms with Crippen LogP contribution in [-0.4, -0.2) is 19.0 Å². The van der Waals surface area contributed by atoms with Crippen molar-refractivity contribution in [2.45, 2.75) is 6.04 Å². The lowest BCUT2D eigenvalue weighted by Gasteiger charge is -2.12. The second kappa shape index (κ2) is 6.67. The van der Waals surface area contributed by atoms with Gasteiger partial charge in [0.15, 0.2) is 0 Å². The van der Waals surface area contributed by atoms with Crippen LogP contribution in [0, 0.1) is 0 Å². The summed E-state index contributed by atoms with van der Waals surface area (Å²) in [6.07, 6.45) is 0. The van der Waals surface area contributed by atoms with Crippen molar-refractivity contribution in [1.29, 1.82) is 0 Å². The minimum atomic E-state index is -0.744. The van der Waals surface area contributed by atoms with Crippen molar-refractivity contribution in [3.05, 3.63) is 65.7 Å². The zero-order chi connectivity index (χ0) is 15.2. The molecule has 0 fully saturated rings. The number of carbonyl (C=O) groups is 2. The van der Waals surface area contributed by atoms with Gasteiger partial charge in [0.25, 0.3) is 0 Å². The first kappa shape index (κ1) is 14.7. The standard InChI is InChI=1S/C16H16N2O3/c1-21-16(20)12-7-9-13(10-8-12)18-15(19)14(17)11-5-3-2-4-6-11/h2-10,14H,17H2,1H3,(H,18,19)/t14-/m1/s1. The van der Waals surface area contributed by atoms with Crippen molar-refractivity contribution in [2.24, 2.45) is 5.73 Å². The molecule has 0 bridgehead atoms. The van der Waals surface area contributed by atoms with Gasteiger partial charge in [-0.25, -0.2) is 4.79 Å². The maximum Gasteiger partial charge on any atom is 0.337 e. The highest BCUT2D eigenvalue weighted by Crippen LogP contribution is 2.15. The molecule has 2 rings (SSSR count). The number of methoxy groups -OCH3 is 1. The fraction of sp³-hybridized carbons (Fsp3) is 0.125. The van der Waals surface area contributed by atoms with Crippen LogP contribution in [0.3, 0.4) is 0 Å². The molecule has 2 aromatic carbocycles. The van der Waals surface area contributed by atoms with Gasteiger partial charge in [0, 0.05) is 5.69 Å². The third-order valence-electron chi connectivity index (χ3n) is 3.01. The summed E-state index contributed by atoms with van der Waals surface area (Å²) in [7, 11) is 1.32. The number of hydrogen-bond donors (Lipinski definition) is 2. The van der Waals surface area contributed by atoms with Gasteiger partial charge in [-0.15, -0.1) is 0 Å². The molecular formula is C16H16N2O3. The average Bonchev–Trinajstić information content (AvgIpc) is 2.55. The maximum atomic E-state index is 12.1. The first-order chi connectivity index (χ1) is 10.1. The van der Waals surface area contributed by atoms with Crippen molar-refractivity contribution in [2.75, 3.05) is 12.4 Å². The van der Waals surface area contributed by atoms with E-state index in [0.29, 0.717) is 11.3 Å². The summed E-state index contributed by atoms with van der Waals surface area (Å²) in [6, 6.07) is 14.8. The number of carbonyl (C=O) groups excluding carboxylic acids is 2. The molecule has 0 aromatic heterocycles. The largest absolute Gasteiger partial charge is 0.465 e. The topological polar surface area (TPSA) is 81.4 Å². The molecule has 3 N–H and O–H groups in total. The van der Waals surface area contributed by atoms with Crippen LogP contribution < -0.4 is 11.1 Å². The van der Waals surface area contributed by atoms with Gasteiger partial charge < -0.3 is 15.8 Å². The molecule has 0 saturated heterocycles. The van der Waals surface area contributed by atoms with Gasteiger partial charge in [-0.1, -0.05) is 30.3 Å². The molecule has 5 heteroatoms. The summed E-state index contributed by atoms with van der Waals surface area (Å²) in [5, 5.41) is 2.71. The number of ether oxygens (including phenoxy) is 1. The minimum absolute atomic E-state index is 0.313. The summed E-state index contributed by atoms with van der Waals surface area (Å²) in [6.45, 7) is 0. The van der Waals surface area contributed by atoms with Crippen LogP contribution in [0.4, 0.5) is 5.69 Å². The number of benzene rings is 2. The smallest absolute Gasteiger partial charge is 0.337 e. The van der Waals surface area contributed by atoms with E-state index in [4.69, 9.17) is 5.73 Å². The summed E-state index contributed by atoms with van der Waals surface area (Å²) in [4.78, 5) is 23.4. The molecule has 0 aliphatic heterocycles. The highest BCUT2D eigenvalue weighted by Gasteiger charge is 2.15. The van der Waals surface area contributed by atoms with E-state index in [2.05, 4.69) is 10.1 Å². The maximum absolute atomic E-state index is 12.1. The summed E-state index contributed by atoms with van der Waals surface area (Å²) in [5.41, 5.74) is 7.62. The zero-order valence-electron chi connectivity index (χ0n) is 11.6. The van der Waals surface area contributed by atoms with Crippen molar-refractivity contribution < 1.29 is 14.3 Å². The molecule has 0 aliphatic carbocycles. The van der Waals surface area contributed by atoms with E-state index < -0.39 is 12.0 Å². The Labute approximate surface area is 122 Å². The minimum Gasteiger partial charge on any atom is -0.465 e. The summed E-state index contributed by atoms with van der Waals surface area (Å²) < 4.78 is 4.61. The average molecular weight is 284 g/mol. The highest BCUT2D eigenvalue weighted by atomic mass is 16.5. The second-order valence-electron chi connectivity index (χ2n) is 4.45. The molecule has 0 aliphatic rings. The Hall–Kier alpha value is -2.66. The Kier molecular flexibility index (Phi) is 4.68. The Morgan fingerprint density at radius 1 is 1.05 bits per heavy atom. The summed E-state index contributed by atoms with van der Waals surface area (Å²) >= 11 is 0. The van der Waals surface area contributed by atoms with E-state index in [1.54, 1.807) is 36.4 Å². The Morgan fingerprint density at radius 2 is 1.67 bits per heavy atom. The van der Waals surface area contributed by atoms with Crippen molar-refractivity contribution in [3.63, 3.8) is 0 Å². The number of esters is 1. The Balaban J connectivity index is 2.04. The van der Waals surface area contributed by atoms with Gasteiger partial charge in [-0.2, -0.15) is 0 Å². The molecule has 0 heterocycles. The van der Waals surface area contributed by atoms with E-state index in [0.717, 1.165) is 5.56 Å². The molecule has 0 radical (unpaired) electrons. The van der Waals surface area contributed by atoms with Gasteiger partial charge >= 0.3 is 5.97 Å². The molecule has 0 saturated carbocycles. The van der Waals surface area contributed by atoms with Crippen molar-refractivity contribution in [3.8, 4) is 0 Å². The summed E-state index contributed by atoms with van der Waals surface area (Å²) in [5.74, 6) is -0.735. The molecule has 1 amide bonds. The molecule has 0 spiro atoms. The predicted octanol–water partition coefficient (Wildman–Crippen LogP) is 2.11. The number of nitrogens with two attached hydrogens (primary N) is 1. The van der Waals surface area contributed by atoms with Crippen LogP contribution in [0.2, 0.25) is 0 Å². The number of rotatable bonds is 4. The second-order valence-corrected chi connectivity index (χ2v) is 4.45. The molecule has 5 nitrogen and oxygen atoms in total.